The second-order valence-electron chi connectivity index (χ2n) is 9.61. The summed E-state index contributed by atoms with van der Waals surface area (Å²) in [6, 6.07) is 20.0. The monoisotopic (exact) mass is 479 g/mol. The minimum absolute atomic E-state index is 0.121. The van der Waals surface area contributed by atoms with Gasteiger partial charge in [-0.2, -0.15) is 0 Å². The van der Waals surface area contributed by atoms with Gasteiger partial charge in [0.25, 0.3) is 5.91 Å². The van der Waals surface area contributed by atoms with Crippen LogP contribution in [0.3, 0.4) is 0 Å². The van der Waals surface area contributed by atoms with E-state index in [-0.39, 0.29) is 17.6 Å². The number of benzene rings is 2. The van der Waals surface area contributed by atoms with Crippen molar-refractivity contribution in [2.45, 2.75) is 46.5 Å². The molecule has 36 heavy (non-hydrogen) atoms. The molecule has 184 valence electrons. The molecule has 1 amide bonds. The molecule has 0 aliphatic rings. The van der Waals surface area contributed by atoms with Gasteiger partial charge in [-0.25, -0.2) is 0 Å². The Morgan fingerprint density at radius 1 is 0.917 bits per heavy atom. The highest BCUT2D eigenvalue weighted by Crippen LogP contribution is 2.30. The van der Waals surface area contributed by atoms with E-state index < -0.39 is 0 Å². The van der Waals surface area contributed by atoms with E-state index in [0.29, 0.717) is 30.6 Å². The zero-order valence-electron chi connectivity index (χ0n) is 21.3. The van der Waals surface area contributed by atoms with Crippen LogP contribution in [0.2, 0.25) is 0 Å². The van der Waals surface area contributed by atoms with Crippen molar-refractivity contribution in [3.05, 3.63) is 95.4 Å². The van der Waals surface area contributed by atoms with Crippen LogP contribution in [0, 0.1) is 5.92 Å². The highest BCUT2D eigenvalue weighted by molar-refractivity contribution is 6.02. The molecule has 0 aliphatic heterocycles. The lowest BCUT2D eigenvalue weighted by atomic mass is 9.91. The Balaban J connectivity index is 1.72. The van der Waals surface area contributed by atoms with Crippen LogP contribution in [0.5, 0.6) is 0 Å². The van der Waals surface area contributed by atoms with E-state index in [1.54, 1.807) is 18.5 Å². The number of rotatable bonds is 10. The standard InChI is InChI=1S/C31H33N3O2/c1-4-5-15-32-31(36)29-14-12-24(19-33-29)23-11-13-28-26(18-23)25(17-22-9-7-6-8-10-22)27(20-34-28)30(35)16-21(2)3/h6-14,18-21H,4-5,15-17H2,1-3H3,(H,32,36). The van der Waals surface area contributed by atoms with Crippen LogP contribution < -0.4 is 5.32 Å². The van der Waals surface area contributed by atoms with Gasteiger partial charge >= 0.3 is 0 Å². The molecule has 0 spiro atoms. The maximum Gasteiger partial charge on any atom is 0.269 e. The Morgan fingerprint density at radius 2 is 1.69 bits per heavy atom. The number of fused-ring (bicyclic) bond motifs is 1. The van der Waals surface area contributed by atoms with Crippen molar-refractivity contribution in [1.82, 2.24) is 15.3 Å². The molecule has 0 unspecified atom stereocenters. The summed E-state index contributed by atoms with van der Waals surface area (Å²) in [5.41, 5.74) is 5.97. The van der Waals surface area contributed by atoms with Crippen LogP contribution in [0.25, 0.3) is 22.0 Å². The number of hydrogen-bond donors (Lipinski definition) is 1. The summed E-state index contributed by atoms with van der Waals surface area (Å²) in [4.78, 5) is 34.5. The van der Waals surface area contributed by atoms with Gasteiger partial charge in [0.2, 0.25) is 0 Å². The van der Waals surface area contributed by atoms with E-state index in [1.807, 2.05) is 36.4 Å². The van der Waals surface area contributed by atoms with Gasteiger partial charge in [-0.1, -0.05) is 69.7 Å². The minimum Gasteiger partial charge on any atom is -0.351 e. The fraction of sp³-hybridized carbons (Fsp3) is 0.290. The Hall–Kier alpha value is -3.86. The van der Waals surface area contributed by atoms with E-state index >= 15 is 0 Å². The van der Waals surface area contributed by atoms with Crippen LogP contribution in [0.4, 0.5) is 0 Å². The molecule has 0 aliphatic carbocycles. The number of hydrogen-bond acceptors (Lipinski definition) is 4. The minimum atomic E-state index is -0.156. The topological polar surface area (TPSA) is 72.0 Å². The quantitative estimate of drug-likeness (QED) is 0.204. The molecule has 2 aromatic carbocycles. The summed E-state index contributed by atoms with van der Waals surface area (Å²) in [5, 5.41) is 3.87. The largest absolute Gasteiger partial charge is 0.351 e. The molecule has 4 aromatic rings. The molecule has 4 rings (SSSR count). The highest BCUT2D eigenvalue weighted by Gasteiger charge is 2.18. The summed E-state index contributed by atoms with van der Waals surface area (Å²) in [7, 11) is 0. The van der Waals surface area contributed by atoms with Crippen LogP contribution >= 0.6 is 0 Å². The van der Waals surface area contributed by atoms with Gasteiger partial charge in [0.1, 0.15) is 5.69 Å². The van der Waals surface area contributed by atoms with Gasteiger partial charge in [-0.15, -0.1) is 0 Å². The van der Waals surface area contributed by atoms with Crippen molar-refractivity contribution in [2.75, 3.05) is 6.54 Å². The zero-order valence-corrected chi connectivity index (χ0v) is 21.3. The van der Waals surface area contributed by atoms with E-state index in [0.717, 1.165) is 46.0 Å². The van der Waals surface area contributed by atoms with Crippen LogP contribution in [-0.2, 0) is 6.42 Å². The van der Waals surface area contributed by atoms with E-state index in [1.165, 1.54) is 0 Å². The van der Waals surface area contributed by atoms with E-state index in [2.05, 4.69) is 54.3 Å². The number of aromatic nitrogens is 2. The second kappa shape index (κ2) is 11.7. The first-order chi connectivity index (χ1) is 17.5. The molecule has 0 atom stereocenters. The number of ketones is 1. The van der Waals surface area contributed by atoms with Crippen molar-refractivity contribution >= 4 is 22.6 Å². The predicted molar refractivity (Wildman–Crippen MR) is 145 cm³/mol. The first-order valence-electron chi connectivity index (χ1n) is 12.7. The third kappa shape index (κ3) is 6.03. The van der Waals surface area contributed by atoms with Gasteiger partial charge in [0.15, 0.2) is 5.78 Å². The third-order valence-corrected chi connectivity index (χ3v) is 6.24. The Morgan fingerprint density at radius 3 is 2.39 bits per heavy atom. The number of Topliss-reactive ketones (excluding diaryl/α,β-unsaturated/α-hetero) is 1. The molecule has 5 heteroatoms. The predicted octanol–water partition coefficient (Wildman–Crippen LogP) is 6.65. The maximum atomic E-state index is 13.2. The van der Waals surface area contributed by atoms with Crippen molar-refractivity contribution < 1.29 is 9.59 Å². The van der Waals surface area contributed by atoms with Crippen molar-refractivity contribution in [1.29, 1.82) is 0 Å². The molecule has 2 aromatic heterocycles. The van der Waals surface area contributed by atoms with Gasteiger partial charge in [-0.05, 0) is 53.6 Å². The number of pyridine rings is 2. The molecule has 1 N–H and O–H groups in total. The Bertz CT molecular complexity index is 1350. The maximum absolute atomic E-state index is 13.2. The molecule has 0 bridgehead atoms. The van der Waals surface area contributed by atoms with E-state index in [4.69, 9.17) is 0 Å². The molecular formula is C31H33N3O2. The lowest BCUT2D eigenvalue weighted by Gasteiger charge is -2.14. The summed E-state index contributed by atoms with van der Waals surface area (Å²) < 4.78 is 0. The van der Waals surface area contributed by atoms with Crippen molar-refractivity contribution in [2.24, 2.45) is 5.92 Å². The van der Waals surface area contributed by atoms with Crippen LogP contribution in [0.15, 0.2) is 73.1 Å². The van der Waals surface area contributed by atoms with E-state index in [9.17, 15) is 9.59 Å². The van der Waals surface area contributed by atoms with Crippen molar-refractivity contribution in [3.63, 3.8) is 0 Å². The number of unbranched alkanes of at least 4 members (excludes halogenated alkanes) is 1. The summed E-state index contributed by atoms with van der Waals surface area (Å²) in [6.07, 6.45) is 6.58. The smallest absolute Gasteiger partial charge is 0.269 e. The molecule has 0 saturated heterocycles. The average molecular weight is 480 g/mol. The van der Waals surface area contributed by atoms with Crippen molar-refractivity contribution in [3.8, 4) is 11.1 Å². The number of nitrogens with one attached hydrogen (secondary N) is 1. The fourth-order valence-electron chi connectivity index (χ4n) is 4.31. The normalized spacial score (nSPS) is 11.1. The lowest BCUT2D eigenvalue weighted by Crippen LogP contribution is -2.25. The molecule has 5 nitrogen and oxygen atoms in total. The first-order valence-corrected chi connectivity index (χ1v) is 12.7. The van der Waals surface area contributed by atoms with Gasteiger partial charge in [0, 0.05) is 41.9 Å². The average Bonchev–Trinajstić information content (AvgIpc) is 2.89. The molecule has 0 radical (unpaired) electrons. The lowest BCUT2D eigenvalue weighted by molar-refractivity contribution is 0.0945. The highest BCUT2D eigenvalue weighted by atomic mass is 16.1. The number of carbonyl (C=O) groups excluding carboxylic acids is 2. The van der Waals surface area contributed by atoms with Gasteiger partial charge in [-0.3, -0.25) is 19.6 Å². The second-order valence-corrected chi connectivity index (χ2v) is 9.61. The third-order valence-electron chi connectivity index (χ3n) is 6.24. The number of carbonyl (C=O) groups is 2. The molecule has 0 fully saturated rings. The molecular weight excluding hydrogens is 446 g/mol. The number of nitrogens with zero attached hydrogens (tertiary/aromatic N) is 2. The fourth-order valence-corrected chi connectivity index (χ4v) is 4.31. The molecule has 0 saturated carbocycles. The SMILES string of the molecule is CCCCNC(=O)c1ccc(-c2ccc3ncc(C(=O)CC(C)C)c(Cc4ccccc4)c3c2)cn1. The Kier molecular flexibility index (Phi) is 8.21. The van der Waals surface area contributed by atoms with Gasteiger partial charge < -0.3 is 5.32 Å². The Labute approximate surface area is 213 Å². The van der Waals surface area contributed by atoms with Crippen LogP contribution in [-0.4, -0.2) is 28.2 Å². The van der Waals surface area contributed by atoms with Crippen LogP contribution in [0.1, 0.15) is 72.0 Å². The summed E-state index contributed by atoms with van der Waals surface area (Å²) in [6.45, 7) is 6.86. The summed E-state index contributed by atoms with van der Waals surface area (Å²) in [5.74, 6) is 0.236. The zero-order chi connectivity index (χ0) is 25.5. The first kappa shape index (κ1) is 25.2. The summed E-state index contributed by atoms with van der Waals surface area (Å²) >= 11 is 0. The molecule has 2 heterocycles. The van der Waals surface area contributed by atoms with Gasteiger partial charge in [0.05, 0.1) is 5.52 Å². The number of amides is 1.